The molecular formula is C10H19ClO. The van der Waals surface area contributed by atoms with E-state index >= 15 is 0 Å². The standard InChI is InChI=1S/C10H19ClO/c1-3-9(8(2)11)7-10-5-4-6-12-10/h8-10H,3-7H2,1-2H3. The van der Waals surface area contributed by atoms with Crippen LogP contribution in [0, 0.1) is 5.92 Å². The van der Waals surface area contributed by atoms with Crippen LogP contribution in [0.1, 0.15) is 39.5 Å². The fraction of sp³-hybridized carbons (Fsp3) is 1.00. The molecule has 1 fully saturated rings. The molecule has 0 aromatic rings. The molecule has 0 bridgehead atoms. The van der Waals surface area contributed by atoms with Gasteiger partial charge < -0.3 is 4.74 Å². The second kappa shape index (κ2) is 5.08. The Morgan fingerprint density at radius 1 is 1.58 bits per heavy atom. The van der Waals surface area contributed by atoms with Gasteiger partial charge in [-0.05, 0) is 32.1 Å². The van der Waals surface area contributed by atoms with Crippen LogP contribution in [-0.2, 0) is 4.74 Å². The van der Waals surface area contributed by atoms with E-state index < -0.39 is 0 Å². The summed E-state index contributed by atoms with van der Waals surface area (Å²) in [6, 6.07) is 0. The molecule has 3 unspecified atom stereocenters. The predicted molar refractivity (Wildman–Crippen MR) is 52.7 cm³/mol. The molecule has 1 heterocycles. The lowest BCUT2D eigenvalue weighted by Crippen LogP contribution is -2.18. The molecule has 0 spiro atoms. The molecule has 0 amide bonds. The highest BCUT2D eigenvalue weighted by Gasteiger charge is 2.22. The molecule has 0 aromatic carbocycles. The summed E-state index contributed by atoms with van der Waals surface area (Å²) in [5.41, 5.74) is 0. The van der Waals surface area contributed by atoms with Gasteiger partial charge in [0.2, 0.25) is 0 Å². The van der Waals surface area contributed by atoms with E-state index in [2.05, 4.69) is 13.8 Å². The van der Waals surface area contributed by atoms with Gasteiger partial charge in [0.1, 0.15) is 0 Å². The number of halogens is 1. The topological polar surface area (TPSA) is 9.23 Å². The van der Waals surface area contributed by atoms with Crippen LogP contribution in [0.25, 0.3) is 0 Å². The number of rotatable bonds is 4. The Bertz CT molecular complexity index is 119. The van der Waals surface area contributed by atoms with E-state index in [1.807, 2.05) is 0 Å². The summed E-state index contributed by atoms with van der Waals surface area (Å²) in [7, 11) is 0. The molecular weight excluding hydrogens is 172 g/mol. The lowest BCUT2D eigenvalue weighted by atomic mass is 9.95. The van der Waals surface area contributed by atoms with Crippen molar-refractivity contribution in [3.8, 4) is 0 Å². The van der Waals surface area contributed by atoms with Crippen molar-refractivity contribution in [2.24, 2.45) is 5.92 Å². The molecule has 1 aliphatic heterocycles. The Hall–Kier alpha value is 0.250. The van der Waals surface area contributed by atoms with Crippen molar-refractivity contribution in [3.05, 3.63) is 0 Å². The van der Waals surface area contributed by atoms with Crippen molar-refractivity contribution in [2.75, 3.05) is 6.61 Å². The molecule has 0 aromatic heterocycles. The highest BCUT2D eigenvalue weighted by Crippen LogP contribution is 2.25. The number of alkyl halides is 1. The first-order chi connectivity index (χ1) is 5.74. The first-order valence-electron chi connectivity index (χ1n) is 4.99. The van der Waals surface area contributed by atoms with Gasteiger partial charge in [-0.2, -0.15) is 0 Å². The Morgan fingerprint density at radius 3 is 2.75 bits per heavy atom. The zero-order valence-corrected chi connectivity index (χ0v) is 8.81. The molecule has 0 saturated carbocycles. The van der Waals surface area contributed by atoms with Crippen LogP contribution in [0.5, 0.6) is 0 Å². The number of ether oxygens (including phenoxy) is 1. The average molecular weight is 191 g/mol. The number of hydrogen-bond donors (Lipinski definition) is 0. The van der Waals surface area contributed by atoms with E-state index in [9.17, 15) is 0 Å². The monoisotopic (exact) mass is 190 g/mol. The fourth-order valence-electron chi connectivity index (χ4n) is 1.85. The second-order valence-electron chi connectivity index (χ2n) is 3.72. The maximum atomic E-state index is 6.07. The van der Waals surface area contributed by atoms with Crippen molar-refractivity contribution in [1.29, 1.82) is 0 Å². The van der Waals surface area contributed by atoms with E-state index in [1.165, 1.54) is 19.3 Å². The molecule has 0 N–H and O–H groups in total. The first kappa shape index (κ1) is 10.3. The summed E-state index contributed by atoms with van der Waals surface area (Å²) in [5.74, 6) is 0.634. The van der Waals surface area contributed by atoms with Crippen LogP contribution in [0.3, 0.4) is 0 Å². The molecule has 72 valence electrons. The van der Waals surface area contributed by atoms with Crippen LogP contribution in [0.4, 0.5) is 0 Å². The van der Waals surface area contributed by atoms with Gasteiger partial charge >= 0.3 is 0 Å². The van der Waals surface area contributed by atoms with Gasteiger partial charge in [0.15, 0.2) is 0 Å². The quantitative estimate of drug-likeness (QED) is 0.619. The van der Waals surface area contributed by atoms with Crippen LogP contribution in [-0.4, -0.2) is 18.1 Å². The van der Waals surface area contributed by atoms with Crippen molar-refractivity contribution in [2.45, 2.75) is 51.0 Å². The van der Waals surface area contributed by atoms with E-state index in [-0.39, 0.29) is 0 Å². The summed E-state index contributed by atoms with van der Waals surface area (Å²) in [6.45, 7) is 5.25. The molecule has 1 aliphatic rings. The van der Waals surface area contributed by atoms with Crippen molar-refractivity contribution >= 4 is 11.6 Å². The summed E-state index contributed by atoms with van der Waals surface area (Å²) >= 11 is 6.07. The molecule has 3 atom stereocenters. The van der Waals surface area contributed by atoms with Crippen LogP contribution < -0.4 is 0 Å². The molecule has 12 heavy (non-hydrogen) atoms. The van der Waals surface area contributed by atoms with Gasteiger partial charge in [-0.25, -0.2) is 0 Å². The second-order valence-corrected chi connectivity index (χ2v) is 4.41. The zero-order valence-electron chi connectivity index (χ0n) is 8.05. The van der Waals surface area contributed by atoms with Gasteiger partial charge in [-0.1, -0.05) is 13.3 Å². The van der Waals surface area contributed by atoms with Gasteiger partial charge in [-0.15, -0.1) is 11.6 Å². The van der Waals surface area contributed by atoms with Gasteiger partial charge in [-0.3, -0.25) is 0 Å². The SMILES string of the molecule is CCC(CC1CCCO1)C(C)Cl. The normalized spacial score (nSPS) is 28.8. The minimum Gasteiger partial charge on any atom is -0.378 e. The van der Waals surface area contributed by atoms with E-state index in [0.29, 0.717) is 17.4 Å². The zero-order chi connectivity index (χ0) is 8.97. The van der Waals surface area contributed by atoms with Crippen molar-refractivity contribution in [1.82, 2.24) is 0 Å². The molecule has 1 rings (SSSR count). The largest absolute Gasteiger partial charge is 0.378 e. The van der Waals surface area contributed by atoms with Gasteiger partial charge in [0, 0.05) is 12.0 Å². The van der Waals surface area contributed by atoms with E-state index in [0.717, 1.165) is 13.0 Å². The smallest absolute Gasteiger partial charge is 0.0579 e. The van der Waals surface area contributed by atoms with Gasteiger partial charge in [0.05, 0.1) is 6.10 Å². The van der Waals surface area contributed by atoms with Crippen molar-refractivity contribution < 1.29 is 4.74 Å². The van der Waals surface area contributed by atoms with Crippen LogP contribution in [0.15, 0.2) is 0 Å². The third kappa shape index (κ3) is 2.95. The fourth-order valence-corrected chi connectivity index (χ4v) is 2.13. The maximum Gasteiger partial charge on any atom is 0.0579 e. The van der Waals surface area contributed by atoms with Crippen LogP contribution in [0.2, 0.25) is 0 Å². The highest BCUT2D eigenvalue weighted by molar-refractivity contribution is 6.20. The third-order valence-electron chi connectivity index (χ3n) is 2.76. The van der Waals surface area contributed by atoms with Gasteiger partial charge in [0.25, 0.3) is 0 Å². The molecule has 1 nitrogen and oxygen atoms in total. The average Bonchev–Trinajstić information content (AvgIpc) is 2.51. The summed E-state index contributed by atoms with van der Waals surface area (Å²) in [6.07, 6.45) is 5.29. The molecule has 2 heteroatoms. The van der Waals surface area contributed by atoms with Crippen LogP contribution >= 0.6 is 11.6 Å². The first-order valence-corrected chi connectivity index (χ1v) is 5.43. The maximum absolute atomic E-state index is 6.07. The molecule has 0 aliphatic carbocycles. The third-order valence-corrected chi connectivity index (χ3v) is 3.12. The summed E-state index contributed by atoms with van der Waals surface area (Å²) < 4.78 is 5.58. The van der Waals surface area contributed by atoms with E-state index in [4.69, 9.17) is 16.3 Å². The lowest BCUT2D eigenvalue weighted by molar-refractivity contribution is 0.0887. The minimum atomic E-state index is 0.291. The van der Waals surface area contributed by atoms with Crippen molar-refractivity contribution in [3.63, 3.8) is 0 Å². The molecule has 0 radical (unpaired) electrons. The Morgan fingerprint density at radius 2 is 2.33 bits per heavy atom. The molecule has 1 saturated heterocycles. The predicted octanol–water partition coefficient (Wildman–Crippen LogP) is 3.21. The Labute approximate surface area is 80.4 Å². The Balaban J connectivity index is 2.26. The Kier molecular flexibility index (Phi) is 4.38. The lowest BCUT2D eigenvalue weighted by Gasteiger charge is -2.20. The summed E-state index contributed by atoms with van der Waals surface area (Å²) in [5, 5.41) is 0.291. The highest BCUT2D eigenvalue weighted by atomic mass is 35.5. The summed E-state index contributed by atoms with van der Waals surface area (Å²) in [4.78, 5) is 0. The number of hydrogen-bond acceptors (Lipinski definition) is 1. The minimum absolute atomic E-state index is 0.291. The van der Waals surface area contributed by atoms with E-state index in [1.54, 1.807) is 0 Å².